The highest BCUT2D eigenvalue weighted by atomic mass is 14.5. The summed E-state index contributed by atoms with van der Waals surface area (Å²) in [5, 5.41) is 0. The molecule has 18 heavy (non-hydrogen) atoms. The van der Waals surface area contributed by atoms with Gasteiger partial charge in [0.25, 0.3) is 0 Å². The lowest BCUT2D eigenvalue weighted by atomic mass is 9.76. The molecule has 0 heterocycles. The lowest BCUT2D eigenvalue weighted by Gasteiger charge is -2.28. The minimum Gasteiger partial charge on any atom is -0.326 e. The van der Waals surface area contributed by atoms with E-state index >= 15 is 0 Å². The predicted octanol–water partition coefficient (Wildman–Crippen LogP) is 3.78. The minimum absolute atomic E-state index is 0.0119. The molecular weight excluding hydrogens is 218 g/mol. The fourth-order valence-corrected chi connectivity index (χ4v) is 2.50. The molecule has 1 nitrogen and oxygen atoms in total. The Morgan fingerprint density at radius 3 is 2.39 bits per heavy atom. The molecular formula is C17H21N. The highest BCUT2D eigenvalue weighted by Gasteiger charge is 2.25. The minimum atomic E-state index is -0.0119. The van der Waals surface area contributed by atoms with Crippen LogP contribution in [0.4, 0.5) is 0 Å². The Kier molecular flexibility index (Phi) is 3.53. The topological polar surface area (TPSA) is 26.0 Å². The molecule has 0 atom stereocenters. The van der Waals surface area contributed by atoms with Gasteiger partial charge in [0.15, 0.2) is 0 Å². The number of aryl methyl sites for hydroxylation is 1. The number of benzene rings is 2. The Morgan fingerprint density at radius 2 is 1.72 bits per heavy atom. The van der Waals surface area contributed by atoms with Crippen LogP contribution >= 0.6 is 0 Å². The highest BCUT2D eigenvalue weighted by Crippen LogP contribution is 2.33. The molecule has 1 heteroatoms. The van der Waals surface area contributed by atoms with Crippen molar-refractivity contribution in [1.82, 2.24) is 0 Å². The van der Waals surface area contributed by atoms with Gasteiger partial charge in [-0.15, -0.1) is 0 Å². The van der Waals surface area contributed by atoms with E-state index in [0.29, 0.717) is 6.54 Å². The molecule has 2 aromatic rings. The van der Waals surface area contributed by atoms with Gasteiger partial charge in [-0.2, -0.15) is 0 Å². The van der Waals surface area contributed by atoms with Crippen LogP contribution in [0.5, 0.6) is 0 Å². The van der Waals surface area contributed by atoms with Gasteiger partial charge in [0.05, 0.1) is 0 Å². The van der Waals surface area contributed by atoms with E-state index in [1.54, 1.807) is 0 Å². The van der Waals surface area contributed by atoms with Gasteiger partial charge < -0.3 is 5.73 Å². The van der Waals surface area contributed by atoms with Crippen LogP contribution in [-0.4, -0.2) is 0 Å². The zero-order valence-corrected chi connectivity index (χ0v) is 11.4. The van der Waals surface area contributed by atoms with E-state index in [1.165, 1.54) is 22.3 Å². The Bertz CT molecular complexity index is 541. The van der Waals surface area contributed by atoms with Crippen molar-refractivity contribution in [3.63, 3.8) is 0 Å². The SMILES string of the molecule is Cc1cccc(C(C)(C)c2ccccc2CN)c1. The third-order valence-electron chi connectivity index (χ3n) is 3.65. The molecule has 0 aliphatic carbocycles. The standard InChI is InChI=1S/C17H21N/c1-13-7-6-9-15(11-13)17(2,3)16-10-5-4-8-14(16)12-18/h4-11H,12,18H2,1-3H3. The van der Waals surface area contributed by atoms with Crippen molar-refractivity contribution in [3.05, 3.63) is 70.8 Å². The van der Waals surface area contributed by atoms with Crippen molar-refractivity contribution in [1.29, 1.82) is 0 Å². The lowest BCUT2D eigenvalue weighted by molar-refractivity contribution is 0.631. The zero-order valence-electron chi connectivity index (χ0n) is 11.4. The van der Waals surface area contributed by atoms with Crippen molar-refractivity contribution in [2.45, 2.75) is 32.7 Å². The van der Waals surface area contributed by atoms with E-state index in [-0.39, 0.29) is 5.41 Å². The molecule has 2 aromatic carbocycles. The molecule has 2 rings (SSSR count). The monoisotopic (exact) mass is 239 g/mol. The molecule has 94 valence electrons. The summed E-state index contributed by atoms with van der Waals surface area (Å²) in [5.41, 5.74) is 11.0. The number of nitrogens with two attached hydrogens (primary N) is 1. The normalized spacial score (nSPS) is 11.6. The molecule has 0 saturated carbocycles. The number of rotatable bonds is 3. The van der Waals surface area contributed by atoms with E-state index in [4.69, 9.17) is 5.73 Å². The Balaban J connectivity index is 2.54. The second-order valence-corrected chi connectivity index (χ2v) is 5.36. The van der Waals surface area contributed by atoms with Gasteiger partial charge in [0.2, 0.25) is 0 Å². The summed E-state index contributed by atoms with van der Waals surface area (Å²) in [4.78, 5) is 0. The van der Waals surface area contributed by atoms with Crippen molar-refractivity contribution < 1.29 is 0 Å². The maximum Gasteiger partial charge on any atom is 0.0181 e. The maximum absolute atomic E-state index is 5.86. The van der Waals surface area contributed by atoms with Crippen LogP contribution in [0, 0.1) is 6.92 Å². The van der Waals surface area contributed by atoms with Gasteiger partial charge in [-0.1, -0.05) is 67.9 Å². The van der Waals surface area contributed by atoms with Crippen LogP contribution in [0.15, 0.2) is 48.5 Å². The summed E-state index contributed by atoms with van der Waals surface area (Å²) in [5.74, 6) is 0. The quantitative estimate of drug-likeness (QED) is 0.866. The van der Waals surface area contributed by atoms with Crippen molar-refractivity contribution >= 4 is 0 Å². The fraction of sp³-hybridized carbons (Fsp3) is 0.294. The van der Waals surface area contributed by atoms with Gasteiger partial charge >= 0.3 is 0 Å². The summed E-state index contributed by atoms with van der Waals surface area (Å²) in [6, 6.07) is 17.2. The molecule has 0 fully saturated rings. The predicted molar refractivity (Wildman–Crippen MR) is 77.6 cm³/mol. The van der Waals surface area contributed by atoms with Crippen LogP contribution in [0.3, 0.4) is 0 Å². The van der Waals surface area contributed by atoms with Crippen LogP contribution < -0.4 is 5.73 Å². The third kappa shape index (κ3) is 2.32. The first-order valence-electron chi connectivity index (χ1n) is 6.41. The molecule has 0 unspecified atom stereocenters. The fourth-order valence-electron chi connectivity index (χ4n) is 2.50. The molecule has 0 spiro atoms. The van der Waals surface area contributed by atoms with Crippen LogP contribution in [-0.2, 0) is 12.0 Å². The molecule has 2 N–H and O–H groups in total. The van der Waals surface area contributed by atoms with Crippen LogP contribution in [0.25, 0.3) is 0 Å². The summed E-state index contributed by atoms with van der Waals surface area (Å²) in [6.45, 7) is 7.24. The first kappa shape index (κ1) is 12.8. The third-order valence-corrected chi connectivity index (χ3v) is 3.65. The average Bonchev–Trinajstić information content (AvgIpc) is 2.38. The van der Waals surface area contributed by atoms with Gasteiger partial charge in [-0.3, -0.25) is 0 Å². The van der Waals surface area contributed by atoms with Crippen molar-refractivity contribution in [2.24, 2.45) is 5.73 Å². The Labute approximate surface area is 110 Å². The Morgan fingerprint density at radius 1 is 1.00 bits per heavy atom. The molecule has 0 aromatic heterocycles. The largest absolute Gasteiger partial charge is 0.326 e. The van der Waals surface area contributed by atoms with Crippen molar-refractivity contribution in [2.75, 3.05) is 0 Å². The van der Waals surface area contributed by atoms with Crippen molar-refractivity contribution in [3.8, 4) is 0 Å². The van der Waals surface area contributed by atoms with Gasteiger partial charge in [-0.05, 0) is 23.6 Å². The first-order valence-corrected chi connectivity index (χ1v) is 6.41. The Hall–Kier alpha value is -1.60. The molecule has 0 aliphatic heterocycles. The summed E-state index contributed by atoms with van der Waals surface area (Å²) in [6.07, 6.45) is 0. The zero-order chi connectivity index (χ0) is 13.2. The van der Waals surface area contributed by atoms with E-state index in [1.807, 2.05) is 0 Å². The van der Waals surface area contributed by atoms with E-state index in [0.717, 1.165) is 0 Å². The first-order chi connectivity index (χ1) is 8.55. The average molecular weight is 239 g/mol. The maximum atomic E-state index is 5.86. The van der Waals surface area contributed by atoms with Gasteiger partial charge in [0.1, 0.15) is 0 Å². The molecule has 0 radical (unpaired) electrons. The van der Waals surface area contributed by atoms with E-state index in [9.17, 15) is 0 Å². The smallest absolute Gasteiger partial charge is 0.0181 e. The number of hydrogen-bond donors (Lipinski definition) is 1. The van der Waals surface area contributed by atoms with Crippen LogP contribution in [0.1, 0.15) is 36.1 Å². The van der Waals surface area contributed by atoms with Gasteiger partial charge in [-0.25, -0.2) is 0 Å². The van der Waals surface area contributed by atoms with Gasteiger partial charge in [0, 0.05) is 12.0 Å². The highest BCUT2D eigenvalue weighted by molar-refractivity contribution is 5.43. The van der Waals surface area contributed by atoms with E-state index in [2.05, 4.69) is 69.3 Å². The van der Waals surface area contributed by atoms with E-state index < -0.39 is 0 Å². The summed E-state index contributed by atoms with van der Waals surface area (Å²) < 4.78 is 0. The molecule has 0 amide bonds. The molecule has 0 bridgehead atoms. The summed E-state index contributed by atoms with van der Waals surface area (Å²) >= 11 is 0. The second kappa shape index (κ2) is 4.95. The van der Waals surface area contributed by atoms with Crippen LogP contribution in [0.2, 0.25) is 0 Å². The molecule has 0 aliphatic rings. The number of hydrogen-bond acceptors (Lipinski definition) is 1. The molecule has 0 saturated heterocycles. The lowest BCUT2D eigenvalue weighted by Crippen LogP contribution is -2.22. The second-order valence-electron chi connectivity index (χ2n) is 5.36. The summed E-state index contributed by atoms with van der Waals surface area (Å²) in [7, 11) is 0.